The van der Waals surface area contributed by atoms with Gasteiger partial charge in [-0.15, -0.1) is 0 Å². The largest absolute Gasteiger partial charge is 0.480 e. The number of primary amides is 2. The molecule has 0 aliphatic heterocycles. The zero-order chi connectivity index (χ0) is 32.2. The van der Waals surface area contributed by atoms with Crippen LogP contribution in [0.2, 0.25) is 0 Å². The van der Waals surface area contributed by atoms with Gasteiger partial charge in [0, 0.05) is 42.8 Å². The van der Waals surface area contributed by atoms with Crippen molar-refractivity contribution in [1.29, 1.82) is 0 Å². The maximum atomic E-state index is 13.5. The van der Waals surface area contributed by atoms with Crippen molar-refractivity contribution in [2.24, 2.45) is 17.2 Å². The number of fused-ring (bicyclic) bond motifs is 1. The number of nitrogens with two attached hydrogens (primary N) is 3. The molecular formula is C30H37N7O7. The minimum absolute atomic E-state index is 0.0173. The molecule has 234 valence electrons. The van der Waals surface area contributed by atoms with Crippen molar-refractivity contribution < 1.29 is 33.9 Å². The molecule has 14 heteroatoms. The van der Waals surface area contributed by atoms with Crippen molar-refractivity contribution in [3.8, 4) is 0 Å². The Bertz CT molecular complexity index is 1490. The zero-order valence-electron chi connectivity index (χ0n) is 24.0. The molecule has 1 heterocycles. The number of carbonyl (C=O) groups is 6. The van der Waals surface area contributed by atoms with Crippen LogP contribution in [0.15, 0.2) is 60.8 Å². The minimum atomic E-state index is -1.36. The van der Waals surface area contributed by atoms with Crippen LogP contribution < -0.4 is 33.2 Å². The molecule has 0 fully saturated rings. The molecule has 0 aliphatic rings. The van der Waals surface area contributed by atoms with Crippen LogP contribution in [0.1, 0.15) is 36.8 Å². The Labute approximate surface area is 253 Å². The molecule has 5 amide bonds. The van der Waals surface area contributed by atoms with E-state index in [1.807, 2.05) is 18.2 Å². The van der Waals surface area contributed by atoms with E-state index >= 15 is 0 Å². The summed E-state index contributed by atoms with van der Waals surface area (Å²) >= 11 is 0. The summed E-state index contributed by atoms with van der Waals surface area (Å²) in [6, 6.07) is 10.9. The number of carboxylic acids is 1. The Hall–Kier alpha value is -5.24. The standard InChI is InChI=1S/C30H37N7O7/c31-20(10-12-25(32)38)27(40)36-23(14-17-6-2-1-3-7-17)29(42)35-22(11-13-26(33)39)28(41)37-24(30(43)44)15-18-16-34-21-9-5-4-8-19(18)21/h1-9,16,20,22-24,34H,10-15,31H2,(H2,32,38)(H2,33,39)(H,35,42)(H,36,40)(H,37,41)(H,43,44). The summed E-state index contributed by atoms with van der Waals surface area (Å²) in [7, 11) is 0. The van der Waals surface area contributed by atoms with Gasteiger partial charge in [-0.1, -0.05) is 48.5 Å². The Balaban J connectivity index is 1.79. The van der Waals surface area contributed by atoms with Crippen LogP contribution in [0.3, 0.4) is 0 Å². The molecule has 3 aromatic rings. The first-order valence-corrected chi connectivity index (χ1v) is 14.0. The average Bonchev–Trinajstić information content (AvgIpc) is 3.40. The van der Waals surface area contributed by atoms with E-state index in [2.05, 4.69) is 20.9 Å². The minimum Gasteiger partial charge on any atom is -0.480 e. The Morgan fingerprint density at radius 3 is 1.93 bits per heavy atom. The van der Waals surface area contributed by atoms with Crippen LogP contribution in [0.5, 0.6) is 0 Å². The fourth-order valence-electron chi connectivity index (χ4n) is 4.59. The highest BCUT2D eigenvalue weighted by atomic mass is 16.4. The first-order chi connectivity index (χ1) is 20.9. The second-order valence-electron chi connectivity index (χ2n) is 10.4. The van der Waals surface area contributed by atoms with Crippen LogP contribution in [-0.2, 0) is 41.6 Å². The number of hydrogen-bond donors (Lipinski definition) is 8. The fraction of sp³-hybridized carbons (Fsp3) is 0.333. The maximum absolute atomic E-state index is 13.5. The number of carbonyl (C=O) groups excluding carboxylic acids is 5. The number of para-hydroxylation sites is 1. The number of benzene rings is 2. The lowest BCUT2D eigenvalue weighted by atomic mass is 10.0. The topological polar surface area (TPSA) is 253 Å². The Morgan fingerprint density at radius 2 is 1.27 bits per heavy atom. The quantitative estimate of drug-likeness (QED) is 0.0976. The number of aliphatic carboxylic acids is 1. The van der Waals surface area contributed by atoms with Gasteiger partial charge in [-0.2, -0.15) is 0 Å². The van der Waals surface area contributed by atoms with Crippen molar-refractivity contribution in [2.45, 2.75) is 62.7 Å². The molecule has 11 N–H and O–H groups in total. The summed E-state index contributed by atoms with van der Waals surface area (Å²) in [5.74, 6) is -5.03. The molecule has 0 saturated heterocycles. The number of aromatic amines is 1. The van der Waals surface area contributed by atoms with E-state index in [-0.39, 0.29) is 38.5 Å². The lowest BCUT2D eigenvalue weighted by Crippen LogP contribution is -2.58. The van der Waals surface area contributed by atoms with Gasteiger partial charge in [0.1, 0.15) is 18.1 Å². The van der Waals surface area contributed by atoms with E-state index < -0.39 is 59.7 Å². The van der Waals surface area contributed by atoms with Crippen LogP contribution in [-0.4, -0.2) is 69.8 Å². The van der Waals surface area contributed by atoms with Gasteiger partial charge in [-0.3, -0.25) is 24.0 Å². The number of aromatic nitrogens is 1. The van der Waals surface area contributed by atoms with Crippen molar-refractivity contribution in [3.63, 3.8) is 0 Å². The number of nitrogens with one attached hydrogen (secondary N) is 4. The molecular weight excluding hydrogens is 570 g/mol. The van der Waals surface area contributed by atoms with Crippen LogP contribution in [0, 0.1) is 0 Å². The smallest absolute Gasteiger partial charge is 0.326 e. The highest BCUT2D eigenvalue weighted by Crippen LogP contribution is 2.19. The van der Waals surface area contributed by atoms with Crippen molar-refractivity contribution >= 4 is 46.4 Å². The van der Waals surface area contributed by atoms with Crippen molar-refractivity contribution in [3.05, 3.63) is 71.9 Å². The van der Waals surface area contributed by atoms with Gasteiger partial charge in [0.15, 0.2) is 0 Å². The summed E-state index contributed by atoms with van der Waals surface area (Å²) < 4.78 is 0. The number of rotatable bonds is 17. The van der Waals surface area contributed by atoms with Crippen molar-refractivity contribution in [1.82, 2.24) is 20.9 Å². The van der Waals surface area contributed by atoms with Gasteiger partial charge in [-0.25, -0.2) is 4.79 Å². The van der Waals surface area contributed by atoms with Gasteiger partial charge >= 0.3 is 5.97 Å². The predicted molar refractivity (Wildman–Crippen MR) is 160 cm³/mol. The molecule has 4 unspecified atom stereocenters. The van der Waals surface area contributed by atoms with Crippen LogP contribution in [0.25, 0.3) is 10.9 Å². The fourth-order valence-corrected chi connectivity index (χ4v) is 4.59. The number of amides is 5. The molecule has 0 radical (unpaired) electrons. The van der Waals surface area contributed by atoms with Gasteiger partial charge in [-0.05, 0) is 30.0 Å². The molecule has 0 saturated carbocycles. The SMILES string of the molecule is NC(=O)CCC(N)C(=O)NC(Cc1ccccc1)C(=O)NC(CCC(N)=O)C(=O)NC(Cc1c[nH]c2ccccc12)C(=O)O. The van der Waals surface area contributed by atoms with E-state index in [9.17, 15) is 33.9 Å². The summed E-state index contributed by atoms with van der Waals surface area (Å²) in [4.78, 5) is 77.5. The van der Waals surface area contributed by atoms with Crippen LogP contribution in [0.4, 0.5) is 0 Å². The first-order valence-electron chi connectivity index (χ1n) is 14.0. The molecule has 3 rings (SSSR count). The van der Waals surface area contributed by atoms with E-state index in [0.717, 1.165) is 10.9 Å². The third kappa shape index (κ3) is 9.94. The third-order valence-corrected chi connectivity index (χ3v) is 6.98. The summed E-state index contributed by atoms with van der Waals surface area (Å²) in [5, 5.41) is 18.2. The molecule has 0 aliphatic carbocycles. The Morgan fingerprint density at radius 1 is 0.705 bits per heavy atom. The third-order valence-electron chi connectivity index (χ3n) is 6.98. The number of carboxylic acid groups (broad SMARTS) is 1. The van der Waals surface area contributed by atoms with Crippen molar-refractivity contribution in [2.75, 3.05) is 0 Å². The van der Waals surface area contributed by atoms with Crippen LogP contribution >= 0.6 is 0 Å². The summed E-state index contributed by atoms with van der Waals surface area (Å²) in [6.45, 7) is 0. The summed E-state index contributed by atoms with van der Waals surface area (Å²) in [5.41, 5.74) is 18.5. The monoisotopic (exact) mass is 607 g/mol. The molecule has 44 heavy (non-hydrogen) atoms. The zero-order valence-corrected chi connectivity index (χ0v) is 24.0. The lowest BCUT2D eigenvalue weighted by molar-refractivity contribution is -0.142. The predicted octanol–water partition coefficient (Wildman–Crippen LogP) is -0.650. The normalized spacial score (nSPS) is 13.7. The average molecular weight is 608 g/mol. The molecule has 4 atom stereocenters. The number of H-pyrrole nitrogens is 1. The van der Waals surface area contributed by atoms with Gasteiger partial charge in [0.25, 0.3) is 0 Å². The molecule has 1 aromatic heterocycles. The molecule has 0 bridgehead atoms. The molecule has 14 nitrogen and oxygen atoms in total. The lowest BCUT2D eigenvalue weighted by Gasteiger charge is -2.25. The summed E-state index contributed by atoms with van der Waals surface area (Å²) in [6.07, 6.45) is 0.925. The van der Waals surface area contributed by atoms with E-state index in [0.29, 0.717) is 11.1 Å². The highest BCUT2D eigenvalue weighted by Gasteiger charge is 2.31. The second-order valence-corrected chi connectivity index (χ2v) is 10.4. The van der Waals surface area contributed by atoms with Gasteiger partial charge < -0.3 is 43.2 Å². The maximum Gasteiger partial charge on any atom is 0.326 e. The van der Waals surface area contributed by atoms with E-state index in [1.165, 1.54) is 0 Å². The Kier molecular flexibility index (Phi) is 12.0. The van der Waals surface area contributed by atoms with E-state index in [4.69, 9.17) is 17.2 Å². The second kappa shape index (κ2) is 15.8. The van der Waals surface area contributed by atoms with Gasteiger partial charge in [0.2, 0.25) is 29.5 Å². The first kappa shape index (κ1) is 33.3. The van der Waals surface area contributed by atoms with Gasteiger partial charge in [0.05, 0.1) is 6.04 Å². The number of hydrogen-bond acceptors (Lipinski definition) is 7. The molecule has 0 spiro atoms. The molecule has 2 aromatic carbocycles. The van der Waals surface area contributed by atoms with E-state index in [1.54, 1.807) is 42.6 Å². The highest BCUT2D eigenvalue weighted by molar-refractivity contribution is 5.95.